The van der Waals surface area contributed by atoms with E-state index in [-0.39, 0.29) is 19.4 Å². The van der Waals surface area contributed by atoms with Gasteiger partial charge in [0.15, 0.2) is 6.61 Å². The monoisotopic (exact) mass is 487 g/mol. The first-order valence-corrected chi connectivity index (χ1v) is 11.3. The number of amides is 4. The molecule has 4 amide bonds. The molecule has 1 fully saturated rings. The molecule has 1 N–H and O–H groups in total. The Kier molecular flexibility index (Phi) is 7.60. The Hall–Kier alpha value is -4.66. The van der Waals surface area contributed by atoms with Gasteiger partial charge in [-0.3, -0.25) is 24.6 Å². The molecule has 3 aromatic rings. The number of nitrogens with zero attached hydrogens (tertiary/aromatic N) is 2. The molecular formula is C27H25N3O6. The molecular weight excluding hydrogens is 462 g/mol. The molecule has 1 heterocycles. The molecule has 0 bridgehead atoms. The maximum atomic E-state index is 13.3. The van der Waals surface area contributed by atoms with Gasteiger partial charge in [-0.2, -0.15) is 0 Å². The molecule has 1 aliphatic rings. The first kappa shape index (κ1) is 24.5. The number of ether oxygens (including phenoxy) is 2. The van der Waals surface area contributed by atoms with Gasteiger partial charge in [0.1, 0.15) is 17.5 Å². The van der Waals surface area contributed by atoms with Crippen LogP contribution in [0.2, 0.25) is 0 Å². The number of hydrazine groups is 1. The van der Waals surface area contributed by atoms with Gasteiger partial charge in [-0.15, -0.1) is 0 Å². The van der Waals surface area contributed by atoms with E-state index in [1.807, 2.05) is 6.07 Å². The summed E-state index contributed by atoms with van der Waals surface area (Å²) in [7, 11) is 1.54. The molecule has 1 aliphatic heterocycles. The minimum absolute atomic E-state index is 0.104. The van der Waals surface area contributed by atoms with Crippen molar-refractivity contribution in [2.24, 2.45) is 0 Å². The number of hydrogen-bond donors (Lipinski definition) is 1. The van der Waals surface area contributed by atoms with Crippen LogP contribution in [0, 0.1) is 0 Å². The summed E-state index contributed by atoms with van der Waals surface area (Å²) < 4.78 is 10.6. The summed E-state index contributed by atoms with van der Waals surface area (Å²) in [4.78, 5) is 53.1. The van der Waals surface area contributed by atoms with Crippen LogP contribution in [-0.4, -0.2) is 48.4 Å². The lowest BCUT2D eigenvalue weighted by Gasteiger charge is -2.28. The number of nitrogens with one attached hydrogen (secondary N) is 1. The van der Waals surface area contributed by atoms with Crippen LogP contribution >= 0.6 is 0 Å². The predicted octanol–water partition coefficient (Wildman–Crippen LogP) is 2.51. The SMILES string of the molecule is COc1ccc(CC(=O)N(NC(=O)COc2ccccc2)C2CC(=O)N(c3ccccc3)C2=O)cc1. The molecule has 9 heteroatoms. The Morgan fingerprint density at radius 2 is 1.56 bits per heavy atom. The van der Waals surface area contributed by atoms with Crippen molar-refractivity contribution in [3.8, 4) is 11.5 Å². The van der Waals surface area contributed by atoms with Gasteiger partial charge in [-0.05, 0) is 42.0 Å². The average molecular weight is 488 g/mol. The largest absolute Gasteiger partial charge is 0.497 e. The quantitative estimate of drug-likeness (QED) is 0.387. The summed E-state index contributed by atoms with van der Waals surface area (Å²) >= 11 is 0. The number of anilines is 1. The standard InChI is InChI=1S/C27H25N3O6/c1-35-21-14-12-19(13-15-21)16-26(33)30(28-24(31)18-36-22-10-6-3-7-11-22)23-17-25(32)29(27(23)34)20-8-4-2-5-9-20/h2-15,23H,16-18H2,1H3,(H,28,31). The van der Waals surface area contributed by atoms with E-state index in [1.54, 1.807) is 78.9 Å². The lowest BCUT2D eigenvalue weighted by Crippen LogP contribution is -2.56. The van der Waals surface area contributed by atoms with Crippen LogP contribution in [0.3, 0.4) is 0 Å². The number of benzene rings is 3. The summed E-state index contributed by atoms with van der Waals surface area (Å²) in [6, 6.07) is 22.8. The zero-order chi connectivity index (χ0) is 25.5. The normalized spacial score (nSPS) is 14.9. The minimum Gasteiger partial charge on any atom is -0.497 e. The van der Waals surface area contributed by atoms with Crippen molar-refractivity contribution >= 4 is 29.3 Å². The van der Waals surface area contributed by atoms with E-state index in [0.29, 0.717) is 22.7 Å². The number of carbonyl (C=O) groups excluding carboxylic acids is 4. The fraction of sp³-hybridized carbons (Fsp3) is 0.185. The number of methoxy groups -OCH3 is 1. The maximum Gasteiger partial charge on any atom is 0.276 e. The molecule has 0 saturated carbocycles. The third-order valence-electron chi connectivity index (χ3n) is 5.59. The van der Waals surface area contributed by atoms with Crippen LogP contribution in [0.4, 0.5) is 5.69 Å². The molecule has 36 heavy (non-hydrogen) atoms. The molecule has 0 aliphatic carbocycles. The maximum absolute atomic E-state index is 13.3. The Morgan fingerprint density at radius 1 is 0.917 bits per heavy atom. The Bertz CT molecular complexity index is 1230. The van der Waals surface area contributed by atoms with E-state index in [9.17, 15) is 19.2 Å². The lowest BCUT2D eigenvalue weighted by molar-refractivity contribution is -0.147. The van der Waals surface area contributed by atoms with Gasteiger partial charge in [0.2, 0.25) is 11.8 Å². The van der Waals surface area contributed by atoms with Gasteiger partial charge >= 0.3 is 0 Å². The highest BCUT2D eigenvalue weighted by atomic mass is 16.5. The summed E-state index contributed by atoms with van der Waals surface area (Å²) in [5.74, 6) is -1.14. The lowest BCUT2D eigenvalue weighted by atomic mass is 10.1. The van der Waals surface area contributed by atoms with Crippen LogP contribution in [0.1, 0.15) is 12.0 Å². The predicted molar refractivity (Wildman–Crippen MR) is 131 cm³/mol. The molecule has 1 saturated heterocycles. The number of para-hydroxylation sites is 2. The minimum atomic E-state index is -1.19. The molecule has 1 atom stereocenters. The highest BCUT2D eigenvalue weighted by Gasteiger charge is 2.45. The molecule has 4 rings (SSSR count). The zero-order valence-corrected chi connectivity index (χ0v) is 19.6. The van der Waals surface area contributed by atoms with Crippen molar-refractivity contribution in [2.75, 3.05) is 18.6 Å². The first-order valence-electron chi connectivity index (χ1n) is 11.3. The summed E-state index contributed by atoms with van der Waals surface area (Å²) in [6.07, 6.45) is -0.366. The van der Waals surface area contributed by atoms with Gasteiger partial charge in [-0.25, -0.2) is 9.91 Å². The third kappa shape index (κ3) is 5.69. The number of hydrogen-bond acceptors (Lipinski definition) is 6. The van der Waals surface area contributed by atoms with Crippen LogP contribution in [0.5, 0.6) is 11.5 Å². The van der Waals surface area contributed by atoms with E-state index >= 15 is 0 Å². The molecule has 3 aromatic carbocycles. The number of imide groups is 1. The molecule has 184 valence electrons. The van der Waals surface area contributed by atoms with Crippen molar-refractivity contribution in [1.82, 2.24) is 10.4 Å². The molecule has 0 spiro atoms. The van der Waals surface area contributed by atoms with Gasteiger partial charge < -0.3 is 9.47 Å². The van der Waals surface area contributed by atoms with Gasteiger partial charge in [0.05, 0.1) is 25.6 Å². The van der Waals surface area contributed by atoms with Crippen molar-refractivity contribution in [1.29, 1.82) is 0 Å². The van der Waals surface area contributed by atoms with E-state index in [0.717, 1.165) is 9.91 Å². The van der Waals surface area contributed by atoms with Gasteiger partial charge in [0.25, 0.3) is 11.8 Å². The van der Waals surface area contributed by atoms with E-state index in [1.165, 1.54) is 7.11 Å². The molecule has 0 radical (unpaired) electrons. The van der Waals surface area contributed by atoms with Crippen LogP contribution < -0.4 is 19.8 Å². The summed E-state index contributed by atoms with van der Waals surface area (Å²) in [5.41, 5.74) is 3.54. The average Bonchev–Trinajstić information content (AvgIpc) is 3.20. The fourth-order valence-corrected chi connectivity index (χ4v) is 3.82. The molecule has 1 unspecified atom stereocenters. The second-order valence-electron chi connectivity index (χ2n) is 8.05. The van der Waals surface area contributed by atoms with Crippen molar-refractivity contribution < 1.29 is 28.7 Å². The van der Waals surface area contributed by atoms with Crippen molar-refractivity contribution in [3.63, 3.8) is 0 Å². The van der Waals surface area contributed by atoms with Gasteiger partial charge in [-0.1, -0.05) is 48.5 Å². The fourth-order valence-electron chi connectivity index (χ4n) is 3.82. The third-order valence-corrected chi connectivity index (χ3v) is 5.59. The number of rotatable bonds is 8. The highest BCUT2D eigenvalue weighted by molar-refractivity contribution is 6.23. The van der Waals surface area contributed by atoms with E-state index < -0.39 is 29.7 Å². The second-order valence-corrected chi connectivity index (χ2v) is 8.05. The van der Waals surface area contributed by atoms with Crippen molar-refractivity contribution in [2.45, 2.75) is 18.9 Å². The first-order chi connectivity index (χ1) is 17.5. The Morgan fingerprint density at radius 3 is 2.19 bits per heavy atom. The van der Waals surface area contributed by atoms with Crippen LogP contribution in [0.25, 0.3) is 0 Å². The Balaban J connectivity index is 1.53. The van der Waals surface area contributed by atoms with E-state index in [4.69, 9.17) is 9.47 Å². The molecule has 0 aromatic heterocycles. The van der Waals surface area contributed by atoms with Crippen molar-refractivity contribution in [3.05, 3.63) is 90.5 Å². The topological polar surface area (TPSA) is 105 Å². The Labute approximate surface area is 208 Å². The summed E-state index contributed by atoms with van der Waals surface area (Å²) in [5, 5.41) is 0.949. The zero-order valence-electron chi connectivity index (χ0n) is 19.6. The van der Waals surface area contributed by atoms with Crippen LogP contribution in [-0.2, 0) is 25.6 Å². The highest BCUT2D eigenvalue weighted by Crippen LogP contribution is 2.25. The summed E-state index contributed by atoms with van der Waals surface area (Å²) in [6.45, 7) is -0.381. The van der Waals surface area contributed by atoms with E-state index in [2.05, 4.69) is 5.43 Å². The number of carbonyl (C=O) groups is 4. The molecule has 9 nitrogen and oxygen atoms in total. The van der Waals surface area contributed by atoms with Crippen LogP contribution in [0.15, 0.2) is 84.9 Å². The smallest absolute Gasteiger partial charge is 0.276 e. The van der Waals surface area contributed by atoms with Gasteiger partial charge in [0, 0.05) is 0 Å². The second kappa shape index (κ2) is 11.2.